The minimum absolute atomic E-state index is 0.153. The van der Waals surface area contributed by atoms with Crippen LogP contribution in [0, 0.1) is 0 Å². The summed E-state index contributed by atoms with van der Waals surface area (Å²) in [5.41, 5.74) is 0. The van der Waals surface area contributed by atoms with Crippen LogP contribution in [0.1, 0.15) is 19.3 Å². The van der Waals surface area contributed by atoms with Crippen molar-refractivity contribution in [3.63, 3.8) is 0 Å². The van der Waals surface area contributed by atoms with Gasteiger partial charge in [0.2, 0.25) is 5.91 Å². The second-order valence-electron chi connectivity index (χ2n) is 4.13. The van der Waals surface area contributed by atoms with Gasteiger partial charge in [-0.05, 0) is 19.1 Å². The molecule has 14 heavy (non-hydrogen) atoms. The Morgan fingerprint density at radius 3 is 2.50 bits per heavy atom. The van der Waals surface area contributed by atoms with Gasteiger partial charge in [0.25, 0.3) is 0 Å². The summed E-state index contributed by atoms with van der Waals surface area (Å²) in [4.78, 5) is 12.9. The van der Waals surface area contributed by atoms with Gasteiger partial charge >= 0.3 is 0 Å². The molecule has 0 spiro atoms. The molecular formula is C10H20N2OS. The highest BCUT2D eigenvalue weighted by atomic mass is 32.2. The zero-order valence-electron chi connectivity index (χ0n) is 9.30. The summed E-state index contributed by atoms with van der Waals surface area (Å²) < 4.78 is 0.423. The van der Waals surface area contributed by atoms with Crippen molar-refractivity contribution in [1.29, 1.82) is 0 Å². The quantitative estimate of drug-likeness (QED) is 0.742. The lowest BCUT2D eigenvalue weighted by atomic mass is 9.84. The predicted octanol–water partition coefficient (Wildman–Crippen LogP) is 0.950. The van der Waals surface area contributed by atoms with E-state index in [2.05, 4.69) is 11.6 Å². The number of nitrogens with zero attached hydrogens (tertiary/aromatic N) is 1. The van der Waals surface area contributed by atoms with Crippen molar-refractivity contribution in [3.05, 3.63) is 0 Å². The van der Waals surface area contributed by atoms with Gasteiger partial charge in [0.15, 0.2) is 0 Å². The summed E-state index contributed by atoms with van der Waals surface area (Å²) in [5, 5.41) is 3.25. The molecule has 1 rings (SSSR count). The predicted molar refractivity (Wildman–Crippen MR) is 61.7 cm³/mol. The van der Waals surface area contributed by atoms with Crippen LogP contribution >= 0.6 is 11.8 Å². The Hall–Kier alpha value is -0.220. The van der Waals surface area contributed by atoms with Crippen molar-refractivity contribution in [2.45, 2.75) is 24.0 Å². The van der Waals surface area contributed by atoms with Crippen LogP contribution in [0.4, 0.5) is 0 Å². The van der Waals surface area contributed by atoms with E-state index in [0.29, 0.717) is 11.3 Å². The van der Waals surface area contributed by atoms with E-state index in [9.17, 15) is 4.79 Å². The number of amides is 1. The molecule has 1 fully saturated rings. The van der Waals surface area contributed by atoms with Gasteiger partial charge in [-0.25, -0.2) is 0 Å². The minimum Gasteiger partial charge on any atom is -0.348 e. The van der Waals surface area contributed by atoms with Gasteiger partial charge in [-0.3, -0.25) is 4.79 Å². The SMILES string of the molecule is CSC1(CNCC(=O)N(C)C)CCC1. The second kappa shape index (κ2) is 5.03. The van der Waals surface area contributed by atoms with Crippen LogP contribution in [0.2, 0.25) is 0 Å². The number of hydrogen-bond acceptors (Lipinski definition) is 3. The van der Waals surface area contributed by atoms with Crippen molar-refractivity contribution < 1.29 is 4.79 Å². The number of carbonyl (C=O) groups is 1. The molecule has 0 aromatic heterocycles. The van der Waals surface area contributed by atoms with Crippen LogP contribution in [-0.4, -0.2) is 49.0 Å². The second-order valence-corrected chi connectivity index (χ2v) is 5.41. The average molecular weight is 216 g/mol. The Kier molecular flexibility index (Phi) is 4.26. The van der Waals surface area contributed by atoms with E-state index in [1.807, 2.05) is 11.8 Å². The molecule has 0 atom stereocenters. The monoisotopic (exact) mass is 216 g/mol. The van der Waals surface area contributed by atoms with E-state index in [4.69, 9.17) is 0 Å². The Labute approximate surface area is 90.6 Å². The molecule has 82 valence electrons. The Morgan fingerprint density at radius 1 is 1.50 bits per heavy atom. The average Bonchev–Trinajstić information content (AvgIpc) is 2.09. The highest BCUT2D eigenvalue weighted by Gasteiger charge is 2.35. The maximum Gasteiger partial charge on any atom is 0.236 e. The van der Waals surface area contributed by atoms with Crippen LogP contribution in [0.5, 0.6) is 0 Å². The van der Waals surface area contributed by atoms with E-state index >= 15 is 0 Å². The standard InChI is InChI=1S/C10H20N2OS/c1-12(2)9(13)7-11-8-10(14-3)5-4-6-10/h11H,4-8H2,1-3H3. The first-order valence-corrected chi connectivity index (χ1v) is 6.28. The van der Waals surface area contributed by atoms with E-state index in [0.717, 1.165) is 6.54 Å². The van der Waals surface area contributed by atoms with Gasteiger partial charge in [0, 0.05) is 25.4 Å². The molecular weight excluding hydrogens is 196 g/mol. The van der Waals surface area contributed by atoms with E-state index in [1.165, 1.54) is 19.3 Å². The third-order valence-electron chi connectivity index (χ3n) is 2.92. The molecule has 1 N–H and O–H groups in total. The molecule has 0 aliphatic heterocycles. The molecule has 0 unspecified atom stereocenters. The van der Waals surface area contributed by atoms with Crippen LogP contribution in [-0.2, 0) is 4.79 Å². The van der Waals surface area contributed by atoms with Crippen LogP contribution < -0.4 is 5.32 Å². The molecule has 0 heterocycles. The zero-order valence-corrected chi connectivity index (χ0v) is 10.1. The number of thioether (sulfide) groups is 1. The Morgan fingerprint density at radius 2 is 2.14 bits per heavy atom. The molecule has 0 saturated heterocycles. The normalized spacial score (nSPS) is 18.8. The summed E-state index contributed by atoms with van der Waals surface area (Å²) >= 11 is 1.93. The molecule has 0 aromatic carbocycles. The highest BCUT2D eigenvalue weighted by molar-refractivity contribution is 8.00. The molecule has 4 heteroatoms. The van der Waals surface area contributed by atoms with Crippen molar-refractivity contribution in [2.75, 3.05) is 33.4 Å². The summed E-state index contributed by atoms with van der Waals surface area (Å²) in [6.45, 7) is 1.43. The fourth-order valence-electron chi connectivity index (χ4n) is 1.58. The van der Waals surface area contributed by atoms with Crippen molar-refractivity contribution in [2.24, 2.45) is 0 Å². The van der Waals surface area contributed by atoms with Gasteiger partial charge in [0.05, 0.1) is 6.54 Å². The van der Waals surface area contributed by atoms with Crippen LogP contribution in [0.3, 0.4) is 0 Å². The number of rotatable bonds is 5. The fourth-order valence-corrected chi connectivity index (χ4v) is 2.52. The first kappa shape index (κ1) is 11.9. The topological polar surface area (TPSA) is 32.3 Å². The number of likely N-dealkylation sites (N-methyl/N-ethyl adjacent to an activating group) is 1. The molecule has 1 aliphatic rings. The third kappa shape index (κ3) is 2.89. The molecule has 1 amide bonds. The van der Waals surface area contributed by atoms with E-state index < -0.39 is 0 Å². The van der Waals surface area contributed by atoms with Gasteiger partial charge < -0.3 is 10.2 Å². The molecule has 1 saturated carbocycles. The maximum atomic E-state index is 11.3. The molecule has 0 aromatic rings. The van der Waals surface area contributed by atoms with E-state index in [1.54, 1.807) is 19.0 Å². The lowest BCUT2D eigenvalue weighted by Gasteiger charge is -2.40. The first-order valence-electron chi connectivity index (χ1n) is 5.06. The third-order valence-corrected chi connectivity index (χ3v) is 4.34. The summed E-state index contributed by atoms with van der Waals surface area (Å²) in [6, 6.07) is 0. The van der Waals surface area contributed by atoms with E-state index in [-0.39, 0.29) is 5.91 Å². The molecule has 0 radical (unpaired) electrons. The number of nitrogens with one attached hydrogen (secondary N) is 1. The fraction of sp³-hybridized carbons (Fsp3) is 0.900. The van der Waals surface area contributed by atoms with Crippen molar-refractivity contribution >= 4 is 17.7 Å². The Bertz CT molecular complexity index is 197. The lowest BCUT2D eigenvalue weighted by Crippen LogP contribution is -2.45. The lowest BCUT2D eigenvalue weighted by molar-refractivity contribution is -0.127. The van der Waals surface area contributed by atoms with Gasteiger partial charge in [0.1, 0.15) is 0 Å². The maximum absolute atomic E-state index is 11.3. The van der Waals surface area contributed by atoms with Crippen LogP contribution in [0.25, 0.3) is 0 Å². The molecule has 0 bridgehead atoms. The summed E-state index contributed by atoms with van der Waals surface area (Å²) in [5.74, 6) is 0.153. The smallest absolute Gasteiger partial charge is 0.236 e. The van der Waals surface area contributed by atoms with Crippen molar-refractivity contribution in [3.8, 4) is 0 Å². The molecule has 1 aliphatic carbocycles. The van der Waals surface area contributed by atoms with Gasteiger partial charge in [-0.1, -0.05) is 6.42 Å². The number of carbonyl (C=O) groups excluding carboxylic acids is 1. The van der Waals surface area contributed by atoms with Crippen molar-refractivity contribution in [1.82, 2.24) is 10.2 Å². The number of hydrogen-bond donors (Lipinski definition) is 1. The van der Waals surface area contributed by atoms with Gasteiger partial charge in [-0.2, -0.15) is 11.8 Å². The minimum atomic E-state index is 0.153. The van der Waals surface area contributed by atoms with Crippen LogP contribution in [0.15, 0.2) is 0 Å². The highest BCUT2D eigenvalue weighted by Crippen LogP contribution is 2.41. The summed E-state index contributed by atoms with van der Waals surface area (Å²) in [7, 11) is 3.58. The largest absolute Gasteiger partial charge is 0.348 e. The Balaban J connectivity index is 2.17. The molecule has 3 nitrogen and oxygen atoms in total. The van der Waals surface area contributed by atoms with Gasteiger partial charge in [-0.15, -0.1) is 0 Å². The summed E-state index contributed by atoms with van der Waals surface area (Å²) in [6.07, 6.45) is 6.08. The zero-order chi connectivity index (χ0) is 10.6. The first-order chi connectivity index (χ1) is 6.59.